The number of benzene rings is 2. The maximum atomic E-state index is 10.4. The summed E-state index contributed by atoms with van der Waals surface area (Å²) < 4.78 is 10.3. The lowest BCUT2D eigenvalue weighted by Gasteiger charge is -2.08. The van der Waals surface area contributed by atoms with Gasteiger partial charge >= 0.3 is 0 Å². The van der Waals surface area contributed by atoms with Gasteiger partial charge < -0.3 is 19.2 Å². The van der Waals surface area contributed by atoms with Gasteiger partial charge in [-0.3, -0.25) is 0 Å². The van der Waals surface area contributed by atoms with E-state index in [-0.39, 0.29) is 10.8 Å². The summed E-state index contributed by atoms with van der Waals surface area (Å²) in [5.41, 5.74) is 2.24. The average Bonchev–Trinajstić information content (AvgIpc) is 2.91. The molecule has 0 fully saturated rings. The molecule has 22 heavy (non-hydrogen) atoms. The predicted molar refractivity (Wildman–Crippen MR) is 78.8 cm³/mol. The number of hydrogen-bond acceptors (Lipinski definition) is 5. The van der Waals surface area contributed by atoms with Crippen molar-refractivity contribution in [2.75, 3.05) is 6.61 Å². The van der Waals surface area contributed by atoms with Crippen molar-refractivity contribution < 1.29 is 19.2 Å². The second-order valence-electron chi connectivity index (χ2n) is 4.71. The van der Waals surface area contributed by atoms with Gasteiger partial charge in [-0.25, -0.2) is 0 Å². The van der Waals surface area contributed by atoms with Gasteiger partial charge in [-0.15, -0.1) is 0 Å². The highest BCUT2D eigenvalue weighted by Gasteiger charge is 2.15. The fourth-order valence-electron chi connectivity index (χ4n) is 2.17. The molecular formula is C16H11ClNO4-. The molecule has 0 unspecified atom stereocenters. The first-order valence-electron chi connectivity index (χ1n) is 6.58. The molecule has 0 atom stereocenters. The van der Waals surface area contributed by atoms with Crippen molar-refractivity contribution in [2.24, 2.45) is 0 Å². The molecule has 3 aromatic rings. The zero-order valence-corrected chi connectivity index (χ0v) is 12.2. The highest BCUT2D eigenvalue weighted by Crippen LogP contribution is 2.34. The number of carbonyl (C=O) groups is 1. The van der Waals surface area contributed by atoms with E-state index in [2.05, 4.69) is 5.16 Å². The Labute approximate surface area is 131 Å². The summed E-state index contributed by atoms with van der Waals surface area (Å²) in [5, 5.41) is 15.5. The fraction of sp³-hybridized carbons (Fsp3) is 0.125. The smallest absolute Gasteiger partial charge is 0.189 e. The van der Waals surface area contributed by atoms with Crippen LogP contribution >= 0.6 is 11.6 Å². The van der Waals surface area contributed by atoms with E-state index in [0.29, 0.717) is 12.0 Å². The highest BCUT2D eigenvalue weighted by molar-refractivity contribution is 6.36. The molecule has 3 rings (SSSR count). The molecule has 0 saturated heterocycles. The van der Waals surface area contributed by atoms with Crippen molar-refractivity contribution in [1.82, 2.24) is 5.16 Å². The van der Waals surface area contributed by atoms with E-state index in [1.165, 1.54) is 0 Å². The average molecular weight is 317 g/mol. The van der Waals surface area contributed by atoms with E-state index in [1.807, 2.05) is 30.3 Å². The Morgan fingerprint density at radius 2 is 2.00 bits per heavy atom. The standard InChI is InChI=1S/C16H12ClNO4/c17-15-13(21-9-14(19)20)7-6-11-12(18-22-16(11)15)8-10-4-2-1-3-5-10/h1-7H,8-9H2,(H,19,20)/p-1. The zero-order valence-electron chi connectivity index (χ0n) is 11.4. The number of halogens is 1. The number of carbonyl (C=O) groups excluding carboxylic acids is 1. The molecule has 0 bridgehead atoms. The van der Waals surface area contributed by atoms with E-state index >= 15 is 0 Å². The Morgan fingerprint density at radius 3 is 2.73 bits per heavy atom. The Hall–Kier alpha value is -2.53. The number of nitrogens with zero attached hydrogens (tertiary/aromatic N) is 1. The van der Waals surface area contributed by atoms with Gasteiger partial charge in [-0.2, -0.15) is 0 Å². The van der Waals surface area contributed by atoms with Crippen LogP contribution in [0.4, 0.5) is 0 Å². The van der Waals surface area contributed by atoms with Crippen LogP contribution in [0.25, 0.3) is 11.0 Å². The molecule has 6 heteroatoms. The maximum absolute atomic E-state index is 10.4. The quantitative estimate of drug-likeness (QED) is 0.721. The van der Waals surface area contributed by atoms with E-state index in [1.54, 1.807) is 12.1 Å². The van der Waals surface area contributed by atoms with Crippen molar-refractivity contribution in [2.45, 2.75) is 6.42 Å². The summed E-state index contributed by atoms with van der Waals surface area (Å²) in [6, 6.07) is 13.2. The van der Waals surface area contributed by atoms with Gasteiger partial charge in [-0.05, 0) is 17.7 Å². The van der Waals surface area contributed by atoms with Gasteiger partial charge in [0.25, 0.3) is 0 Å². The van der Waals surface area contributed by atoms with Crippen LogP contribution in [0.2, 0.25) is 5.02 Å². The molecule has 0 radical (unpaired) electrons. The summed E-state index contributed by atoms with van der Waals surface area (Å²) in [6.45, 7) is -0.573. The Bertz CT molecular complexity index is 814. The van der Waals surface area contributed by atoms with Crippen LogP contribution in [0.1, 0.15) is 11.3 Å². The lowest BCUT2D eigenvalue weighted by Crippen LogP contribution is -2.28. The van der Waals surface area contributed by atoms with Crippen LogP contribution < -0.4 is 9.84 Å². The van der Waals surface area contributed by atoms with E-state index in [9.17, 15) is 9.90 Å². The lowest BCUT2D eigenvalue weighted by atomic mass is 10.1. The second-order valence-corrected chi connectivity index (χ2v) is 5.08. The SMILES string of the molecule is O=C([O-])COc1ccc2c(Cc3ccccc3)noc2c1Cl. The number of rotatable bonds is 5. The Morgan fingerprint density at radius 1 is 1.23 bits per heavy atom. The highest BCUT2D eigenvalue weighted by atomic mass is 35.5. The van der Waals surface area contributed by atoms with Crippen molar-refractivity contribution in [3.05, 3.63) is 58.7 Å². The van der Waals surface area contributed by atoms with Crippen LogP contribution in [0.3, 0.4) is 0 Å². The van der Waals surface area contributed by atoms with Crippen LogP contribution in [-0.2, 0) is 11.2 Å². The third kappa shape index (κ3) is 2.89. The molecule has 0 spiro atoms. The Kier molecular flexibility index (Phi) is 3.98. The number of ether oxygens (including phenoxy) is 1. The molecule has 0 saturated carbocycles. The summed E-state index contributed by atoms with van der Waals surface area (Å²) in [7, 11) is 0. The molecule has 0 aliphatic rings. The third-order valence-electron chi connectivity index (χ3n) is 3.18. The van der Waals surface area contributed by atoms with Crippen LogP contribution in [0.5, 0.6) is 5.75 Å². The first-order chi connectivity index (χ1) is 10.6. The predicted octanol–water partition coefficient (Wildman–Crippen LogP) is 2.20. The summed E-state index contributed by atoms with van der Waals surface area (Å²) >= 11 is 6.17. The van der Waals surface area contributed by atoms with E-state index in [0.717, 1.165) is 16.6 Å². The minimum absolute atomic E-state index is 0.200. The van der Waals surface area contributed by atoms with Gasteiger partial charge in [0, 0.05) is 11.8 Å². The first kappa shape index (κ1) is 14.4. The normalized spacial score (nSPS) is 10.8. The zero-order chi connectivity index (χ0) is 15.5. The number of carboxylic acids is 1. The molecule has 0 aliphatic carbocycles. The summed E-state index contributed by atoms with van der Waals surface area (Å²) in [6.07, 6.45) is 0.615. The fourth-order valence-corrected chi connectivity index (χ4v) is 2.42. The van der Waals surface area contributed by atoms with Gasteiger partial charge in [-0.1, -0.05) is 47.1 Å². The summed E-state index contributed by atoms with van der Waals surface area (Å²) in [5.74, 6) is -1.10. The van der Waals surface area contributed by atoms with Gasteiger partial charge in [0.1, 0.15) is 17.4 Å². The topological polar surface area (TPSA) is 75.4 Å². The third-order valence-corrected chi connectivity index (χ3v) is 3.54. The molecule has 5 nitrogen and oxygen atoms in total. The number of aromatic nitrogens is 1. The van der Waals surface area contributed by atoms with Crippen LogP contribution in [-0.4, -0.2) is 17.7 Å². The summed E-state index contributed by atoms with van der Waals surface area (Å²) in [4.78, 5) is 10.4. The molecule has 0 aliphatic heterocycles. The molecule has 2 aromatic carbocycles. The van der Waals surface area contributed by atoms with Gasteiger partial charge in [0.2, 0.25) is 0 Å². The second kappa shape index (κ2) is 6.07. The van der Waals surface area contributed by atoms with E-state index < -0.39 is 12.6 Å². The minimum Gasteiger partial charge on any atom is -0.546 e. The van der Waals surface area contributed by atoms with Crippen molar-refractivity contribution in [3.8, 4) is 5.75 Å². The number of aliphatic carboxylic acids is 1. The largest absolute Gasteiger partial charge is 0.546 e. The molecule has 112 valence electrons. The van der Waals surface area contributed by atoms with Crippen molar-refractivity contribution in [1.29, 1.82) is 0 Å². The minimum atomic E-state index is -1.32. The van der Waals surface area contributed by atoms with Crippen molar-refractivity contribution in [3.63, 3.8) is 0 Å². The molecular weight excluding hydrogens is 306 g/mol. The Balaban J connectivity index is 1.92. The van der Waals surface area contributed by atoms with E-state index in [4.69, 9.17) is 20.9 Å². The number of fused-ring (bicyclic) bond motifs is 1. The molecule has 1 aromatic heterocycles. The van der Waals surface area contributed by atoms with Crippen LogP contribution in [0.15, 0.2) is 47.0 Å². The van der Waals surface area contributed by atoms with Gasteiger partial charge in [0.05, 0.1) is 11.7 Å². The first-order valence-corrected chi connectivity index (χ1v) is 6.96. The number of hydrogen-bond donors (Lipinski definition) is 0. The molecule has 0 N–H and O–H groups in total. The van der Waals surface area contributed by atoms with Crippen molar-refractivity contribution >= 4 is 28.5 Å². The van der Waals surface area contributed by atoms with Gasteiger partial charge in [0.15, 0.2) is 5.58 Å². The monoisotopic (exact) mass is 316 g/mol. The maximum Gasteiger partial charge on any atom is 0.189 e. The number of carboxylic acid groups (broad SMARTS) is 1. The molecule has 0 amide bonds. The van der Waals surface area contributed by atoms with Crippen LogP contribution in [0, 0.1) is 0 Å². The lowest BCUT2D eigenvalue weighted by molar-refractivity contribution is -0.307. The molecule has 1 heterocycles.